The Labute approximate surface area is 236 Å². The predicted octanol–water partition coefficient (Wildman–Crippen LogP) is 5.68. The lowest BCUT2D eigenvalue weighted by atomic mass is 10.0. The number of benzene rings is 4. The average molecular weight is 541 g/mol. The van der Waals surface area contributed by atoms with Crippen molar-refractivity contribution in [3.8, 4) is 0 Å². The zero-order chi connectivity index (χ0) is 27.4. The molecule has 5 atom stereocenters. The maximum absolute atomic E-state index is 10.4. The van der Waals surface area contributed by atoms with Crippen molar-refractivity contribution in [3.05, 3.63) is 144 Å². The molecule has 4 aromatic rings. The Morgan fingerprint density at radius 1 is 0.525 bits per heavy atom. The largest absolute Gasteiger partial charge is 0.394 e. The number of aliphatic hydroxyl groups excluding tert-OH is 1. The minimum Gasteiger partial charge on any atom is -0.394 e. The SMILES string of the molecule is OC[C@H](OCc1ccccc1)[C@H]1O[C@@H](OCc2ccccc2)[C@@H](OCc2ccccc2)[C@H]1OCc1ccccc1. The van der Waals surface area contributed by atoms with Crippen molar-refractivity contribution in [1.82, 2.24) is 0 Å². The summed E-state index contributed by atoms with van der Waals surface area (Å²) in [5, 5.41) is 10.4. The first-order chi connectivity index (χ1) is 19.8. The maximum Gasteiger partial charge on any atom is 0.187 e. The van der Waals surface area contributed by atoms with Crippen LogP contribution in [0.4, 0.5) is 0 Å². The third kappa shape index (κ3) is 7.86. The van der Waals surface area contributed by atoms with Crippen molar-refractivity contribution < 1.29 is 28.8 Å². The second-order valence-electron chi connectivity index (χ2n) is 9.81. The average Bonchev–Trinajstić information content (AvgIpc) is 3.37. The fourth-order valence-electron chi connectivity index (χ4n) is 4.76. The molecule has 1 N–H and O–H groups in total. The summed E-state index contributed by atoms with van der Waals surface area (Å²) in [6, 6.07) is 39.8. The van der Waals surface area contributed by atoms with E-state index in [1.54, 1.807) is 0 Å². The van der Waals surface area contributed by atoms with Crippen molar-refractivity contribution in [1.29, 1.82) is 0 Å². The molecule has 0 spiro atoms. The number of ether oxygens (including phenoxy) is 5. The van der Waals surface area contributed by atoms with E-state index in [1.165, 1.54) is 0 Å². The summed E-state index contributed by atoms with van der Waals surface area (Å²) in [5.74, 6) is 0. The minimum absolute atomic E-state index is 0.237. The van der Waals surface area contributed by atoms with Gasteiger partial charge in [0.2, 0.25) is 0 Å². The zero-order valence-corrected chi connectivity index (χ0v) is 22.5. The van der Waals surface area contributed by atoms with Crippen LogP contribution in [-0.4, -0.2) is 42.4 Å². The number of hydrogen-bond acceptors (Lipinski definition) is 6. The number of aliphatic hydroxyl groups is 1. The molecule has 0 aliphatic carbocycles. The summed E-state index contributed by atoms with van der Waals surface area (Å²) in [4.78, 5) is 0. The van der Waals surface area contributed by atoms with Gasteiger partial charge in [-0.1, -0.05) is 121 Å². The molecule has 1 heterocycles. The highest BCUT2D eigenvalue weighted by Crippen LogP contribution is 2.33. The Balaban J connectivity index is 1.37. The number of rotatable bonds is 14. The van der Waals surface area contributed by atoms with Crippen LogP contribution in [0.25, 0.3) is 0 Å². The topological polar surface area (TPSA) is 66.4 Å². The van der Waals surface area contributed by atoms with E-state index in [4.69, 9.17) is 23.7 Å². The molecule has 0 amide bonds. The first kappa shape index (κ1) is 28.2. The van der Waals surface area contributed by atoms with Crippen molar-refractivity contribution in [2.45, 2.75) is 57.1 Å². The minimum atomic E-state index is -0.718. The lowest BCUT2D eigenvalue weighted by Gasteiger charge is -2.28. The Morgan fingerprint density at radius 2 is 0.925 bits per heavy atom. The molecule has 5 rings (SSSR count). The monoisotopic (exact) mass is 540 g/mol. The van der Waals surface area contributed by atoms with Gasteiger partial charge in [-0.2, -0.15) is 0 Å². The molecule has 1 aliphatic rings. The van der Waals surface area contributed by atoms with Crippen LogP contribution in [0.2, 0.25) is 0 Å². The highest BCUT2D eigenvalue weighted by molar-refractivity contribution is 5.16. The Kier molecular flexibility index (Phi) is 10.5. The predicted molar refractivity (Wildman–Crippen MR) is 152 cm³/mol. The normalized spacial score (nSPS) is 21.3. The third-order valence-electron chi connectivity index (χ3n) is 6.89. The van der Waals surface area contributed by atoms with Crippen molar-refractivity contribution in [2.24, 2.45) is 0 Å². The van der Waals surface area contributed by atoms with E-state index in [0.29, 0.717) is 26.4 Å². The molecule has 0 aromatic heterocycles. The molecule has 1 fully saturated rings. The highest BCUT2D eigenvalue weighted by Gasteiger charge is 2.50. The third-order valence-corrected chi connectivity index (χ3v) is 6.89. The van der Waals surface area contributed by atoms with Crippen molar-refractivity contribution >= 4 is 0 Å². The Morgan fingerprint density at radius 3 is 1.38 bits per heavy atom. The second-order valence-corrected chi connectivity index (χ2v) is 9.81. The first-order valence-corrected chi connectivity index (χ1v) is 13.7. The summed E-state index contributed by atoms with van der Waals surface area (Å²) in [7, 11) is 0. The molecule has 4 aromatic carbocycles. The summed E-state index contributed by atoms with van der Waals surface area (Å²) in [6.45, 7) is 1.18. The molecule has 0 saturated carbocycles. The maximum atomic E-state index is 10.4. The summed E-state index contributed by atoms with van der Waals surface area (Å²) >= 11 is 0. The smallest absolute Gasteiger partial charge is 0.187 e. The lowest BCUT2D eigenvalue weighted by Crippen LogP contribution is -2.44. The van der Waals surface area contributed by atoms with Gasteiger partial charge in [0.1, 0.15) is 24.4 Å². The van der Waals surface area contributed by atoms with Gasteiger partial charge < -0.3 is 28.8 Å². The summed E-state index contributed by atoms with van der Waals surface area (Å²) in [6.07, 6.45) is -3.07. The van der Waals surface area contributed by atoms with Gasteiger partial charge >= 0.3 is 0 Å². The van der Waals surface area contributed by atoms with E-state index in [1.807, 2.05) is 121 Å². The molecule has 6 nitrogen and oxygen atoms in total. The first-order valence-electron chi connectivity index (χ1n) is 13.7. The van der Waals surface area contributed by atoms with E-state index in [9.17, 15) is 5.11 Å². The van der Waals surface area contributed by atoms with Gasteiger partial charge in [-0.15, -0.1) is 0 Å². The molecular formula is C34H36O6. The van der Waals surface area contributed by atoms with Gasteiger partial charge in [-0.05, 0) is 22.3 Å². The van der Waals surface area contributed by atoms with Gasteiger partial charge in [0, 0.05) is 0 Å². The molecule has 40 heavy (non-hydrogen) atoms. The van der Waals surface area contributed by atoms with E-state index in [-0.39, 0.29) is 6.61 Å². The molecule has 208 valence electrons. The van der Waals surface area contributed by atoms with E-state index >= 15 is 0 Å². The van der Waals surface area contributed by atoms with Gasteiger partial charge in [0.05, 0.1) is 33.0 Å². The van der Waals surface area contributed by atoms with Crippen LogP contribution in [0.5, 0.6) is 0 Å². The van der Waals surface area contributed by atoms with Crippen molar-refractivity contribution in [3.63, 3.8) is 0 Å². The molecule has 1 saturated heterocycles. The van der Waals surface area contributed by atoms with Crippen LogP contribution in [0.15, 0.2) is 121 Å². The van der Waals surface area contributed by atoms with Crippen LogP contribution in [0.1, 0.15) is 22.3 Å². The van der Waals surface area contributed by atoms with Gasteiger partial charge in [-0.25, -0.2) is 0 Å². The van der Waals surface area contributed by atoms with Crippen LogP contribution >= 0.6 is 0 Å². The van der Waals surface area contributed by atoms with Gasteiger partial charge in [-0.3, -0.25) is 0 Å². The van der Waals surface area contributed by atoms with Crippen LogP contribution < -0.4 is 0 Å². The van der Waals surface area contributed by atoms with E-state index < -0.39 is 30.7 Å². The second kappa shape index (κ2) is 14.9. The lowest BCUT2D eigenvalue weighted by molar-refractivity contribution is -0.201. The quantitative estimate of drug-likeness (QED) is 0.222. The van der Waals surface area contributed by atoms with Gasteiger partial charge in [0.25, 0.3) is 0 Å². The molecule has 6 heteroatoms. The van der Waals surface area contributed by atoms with Gasteiger partial charge in [0.15, 0.2) is 6.29 Å². The van der Waals surface area contributed by atoms with Crippen molar-refractivity contribution in [2.75, 3.05) is 6.61 Å². The molecule has 0 bridgehead atoms. The summed E-state index contributed by atoms with van der Waals surface area (Å²) in [5.41, 5.74) is 4.10. The fourth-order valence-corrected chi connectivity index (χ4v) is 4.76. The van der Waals surface area contributed by atoms with E-state index in [2.05, 4.69) is 0 Å². The van der Waals surface area contributed by atoms with Crippen LogP contribution in [0, 0.1) is 0 Å². The number of hydrogen-bond donors (Lipinski definition) is 1. The highest BCUT2D eigenvalue weighted by atomic mass is 16.7. The molecular weight excluding hydrogens is 504 g/mol. The van der Waals surface area contributed by atoms with E-state index in [0.717, 1.165) is 22.3 Å². The molecule has 1 aliphatic heterocycles. The Hall–Kier alpha value is -3.36. The van der Waals surface area contributed by atoms with Crippen LogP contribution in [0.3, 0.4) is 0 Å². The summed E-state index contributed by atoms with van der Waals surface area (Å²) < 4.78 is 31.9. The molecule has 0 unspecified atom stereocenters. The fraction of sp³-hybridized carbons (Fsp3) is 0.294. The van der Waals surface area contributed by atoms with Crippen LogP contribution in [-0.2, 0) is 50.1 Å². The zero-order valence-electron chi connectivity index (χ0n) is 22.5. The standard InChI is InChI=1S/C34H36O6/c35-21-30(36-22-26-13-5-1-6-14-26)31-32(37-23-27-15-7-2-8-16-27)33(38-24-28-17-9-3-10-18-28)34(40-31)39-25-29-19-11-4-12-20-29/h1-20,30-35H,21-25H2/t30-,31+,32-,33-,34+/m0/s1. The Bertz CT molecular complexity index is 1240. The molecule has 0 radical (unpaired) electrons.